The molecule has 0 N–H and O–H groups in total. The van der Waals surface area contributed by atoms with Gasteiger partial charge in [-0.25, -0.2) is 4.79 Å². The topological polar surface area (TPSA) is 67.9 Å². The van der Waals surface area contributed by atoms with Crippen LogP contribution in [0.2, 0.25) is 0 Å². The molecule has 0 unspecified atom stereocenters. The molecule has 5 nitrogen and oxygen atoms in total. The van der Waals surface area contributed by atoms with Gasteiger partial charge >= 0.3 is 12.1 Å². The number of ether oxygens (including phenoxy) is 1. The van der Waals surface area contributed by atoms with Crippen molar-refractivity contribution in [2.75, 3.05) is 0 Å². The molecule has 1 atom stereocenters. The number of halogens is 3. The largest absolute Gasteiger partial charge is 0.444 e. The highest BCUT2D eigenvalue weighted by Gasteiger charge is 2.46. The third-order valence-corrected chi connectivity index (χ3v) is 3.58. The van der Waals surface area contributed by atoms with Crippen LogP contribution in [0.1, 0.15) is 39.0 Å². The van der Waals surface area contributed by atoms with E-state index in [1.165, 1.54) is 49.8 Å². The minimum Gasteiger partial charge on any atom is -0.444 e. The number of alkyl halides is 3. The van der Waals surface area contributed by atoms with E-state index in [0.29, 0.717) is 0 Å². The number of rotatable bonds is 3. The lowest BCUT2D eigenvalue weighted by Crippen LogP contribution is -2.27. The zero-order valence-corrected chi connectivity index (χ0v) is 13.2. The monoisotopic (exact) mass is 337 g/mol. The Labute approximate surface area is 136 Å². The van der Waals surface area contributed by atoms with Gasteiger partial charge in [0.1, 0.15) is 0 Å². The fraction of sp³-hybridized carbons (Fsp3) is 0.312. The van der Waals surface area contributed by atoms with Gasteiger partial charge in [0, 0.05) is 18.3 Å². The number of hydrogen-bond donors (Lipinski definition) is 0. The quantitative estimate of drug-likeness (QED) is 0.805. The molecule has 0 aliphatic heterocycles. The van der Waals surface area contributed by atoms with Crippen LogP contribution in [-0.2, 0) is 11.8 Å². The first-order chi connectivity index (χ1) is 11.1. The summed E-state index contributed by atoms with van der Waals surface area (Å²) in [6.07, 6.45) is -7.22. The summed E-state index contributed by atoms with van der Waals surface area (Å²) in [5, 5.41) is 12.8. The van der Waals surface area contributed by atoms with E-state index in [-0.39, 0.29) is 28.1 Å². The molecule has 2 rings (SSSR count). The molecule has 0 fully saturated rings. The maximum atomic E-state index is 13.4. The zero-order chi connectivity index (χ0) is 18.1. The summed E-state index contributed by atoms with van der Waals surface area (Å²) in [6, 6.07) is 7.13. The van der Waals surface area contributed by atoms with E-state index in [2.05, 4.69) is 5.10 Å². The average Bonchev–Trinajstić information content (AvgIpc) is 2.76. The number of esters is 1. The maximum absolute atomic E-state index is 13.4. The zero-order valence-electron chi connectivity index (χ0n) is 13.2. The number of carbonyl (C=O) groups excluding carboxylic acids is 1. The standard InChI is InChI=1S/C16H14F3N3O2/c1-9-13(10(2)22(3)21-9)14(16(17,18)19)24-15(23)12-6-4-5-11(7-12)8-20/h4-7,14H,1-3H3/t14-/m0/s1. The van der Waals surface area contributed by atoms with Crippen molar-refractivity contribution in [3.05, 3.63) is 52.3 Å². The molecule has 0 radical (unpaired) electrons. The molecule has 8 heteroatoms. The minimum atomic E-state index is -4.79. The summed E-state index contributed by atoms with van der Waals surface area (Å²) in [6.45, 7) is 2.89. The third kappa shape index (κ3) is 3.40. The Balaban J connectivity index is 2.40. The van der Waals surface area contributed by atoms with Crippen LogP contribution in [0.15, 0.2) is 24.3 Å². The Hall–Kier alpha value is -2.82. The highest BCUT2D eigenvalue weighted by atomic mass is 19.4. The van der Waals surface area contributed by atoms with Gasteiger partial charge in [0.15, 0.2) is 0 Å². The van der Waals surface area contributed by atoms with Gasteiger partial charge in [0.2, 0.25) is 6.10 Å². The Kier molecular flexibility index (Phi) is 4.64. The van der Waals surface area contributed by atoms with Crippen molar-refractivity contribution in [2.24, 2.45) is 7.05 Å². The van der Waals surface area contributed by atoms with Crippen molar-refractivity contribution in [2.45, 2.75) is 26.1 Å². The Morgan fingerprint density at radius 3 is 2.54 bits per heavy atom. The van der Waals surface area contributed by atoms with Gasteiger partial charge in [-0.2, -0.15) is 23.5 Å². The molecule has 1 aromatic carbocycles. The number of aryl methyl sites for hydroxylation is 2. The van der Waals surface area contributed by atoms with Crippen molar-refractivity contribution in [3.63, 3.8) is 0 Å². The van der Waals surface area contributed by atoms with E-state index < -0.39 is 18.2 Å². The van der Waals surface area contributed by atoms with Gasteiger partial charge < -0.3 is 4.74 Å². The van der Waals surface area contributed by atoms with Gasteiger partial charge in [-0.1, -0.05) is 6.07 Å². The molecule has 0 saturated carbocycles. The maximum Gasteiger partial charge on any atom is 0.430 e. The molecular weight excluding hydrogens is 323 g/mol. The van der Waals surface area contributed by atoms with Crippen LogP contribution in [-0.4, -0.2) is 21.9 Å². The number of carbonyl (C=O) groups is 1. The van der Waals surface area contributed by atoms with Gasteiger partial charge in [-0.05, 0) is 32.0 Å². The van der Waals surface area contributed by atoms with E-state index in [4.69, 9.17) is 10.00 Å². The Bertz CT molecular complexity index is 819. The summed E-state index contributed by atoms with van der Waals surface area (Å²) in [4.78, 5) is 12.1. The van der Waals surface area contributed by atoms with Crippen LogP contribution in [0.3, 0.4) is 0 Å². The number of hydrogen-bond acceptors (Lipinski definition) is 4. The Morgan fingerprint density at radius 2 is 2.04 bits per heavy atom. The van der Waals surface area contributed by atoms with Crippen molar-refractivity contribution in [1.82, 2.24) is 9.78 Å². The highest BCUT2D eigenvalue weighted by Crippen LogP contribution is 2.39. The van der Waals surface area contributed by atoms with Crippen LogP contribution in [0.4, 0.5) is 13.2 Å². The van der Waals surface area contributed by atoms with E-state index in [9.17, 15) is 18.0 Å². The predicted octanol–water partition coefficient (Wildman–Crippen LogP) is 3.37. The van der Waals surface area contributed by atoms with Crippen molar-refractivity contribution in [3.8, 4) is 6.07 Å². The molecule has 126 valence electrons. The smallest absolute Gasteiger partial charge is 0.430 e. The summed E-state index contributed by atoms with van der Waals surface area (Å²) >= 11 is 0. The van der Waals surface area contributed by atoms with Gasteiger partial charge in [0.05, 0.1) is 22.9 Å². The summed E-state index contributed by atoms with van der Waals surface area (Å²) in [5.41, 5.74) is 0.239. The van der Waals surface area contributed by atoms with Gasteiger partial charge in [0.25, 0.3) is 0 Å². The van der Waals surface area contributed by atoms with Crippen LogP contribution in [0, 0.1) is 25.2 Å². The minimum absolute atomic E-state index is 0.123. The number of benzene rings is 1. The van der Waals surface area contributed by atoms with E-state index in [1.54, 1.807) is 0 Å². The molecule has 0 amide bonds. The first kappa shape index (κ1) is 17.5. The molecular formula is C16H14F3N3O2. The first-order valence-electron chi connectivity index (χ1n) is 6.93. The fourth-order valence-electron chi connectivity index (χ4n) is 2.35. The first-order valence-corrected chi connectivity index (χ1v) is 6.93. The lowest BCUT2D eigenvalue weighted by atomic mass is 10.1. The predicted molar refractivity (Wildman–Crippen MR) is 78.1 cm³/mol. The van der Waals surface area contributed by atoms with E-state index >= 15 is 0 Å². The molecule has 2 aromatic rings. The second kappa shape index (κ2) is 6.35. The number of aromatic nitrogens is 2. The number of nitriles is 1. The third-order valence-electron chi connectivity index (χ3n) is 3.58. The molecule has 0 saturated heterocycles. The molecule has 1 aromatic heterocycles. The van der Waals surface area contributed by atoms with Crippen molar-refractivity contribution >= 4 is 5.97 Å². The molecule has 1 heterocycles. The molecule has 24 heavy (non-hydrogen) atoms. The van der Waals surface area contributed by atoms with Gasteiger partial charge in [-0.15, -0.1) is 0 Å². The summed E-state index contributed by atoms with van der Waals surface area (Å²) < 4.78 is 46.3. The highest BCUT2D eigenvalue weighted by molar-refractivity contribution is 5.90. The van der Waals surface area contributed by atoms with Crippen LogP contribution < -0.4 is 0 Å². The fourth-order valence-corrected chi connectivity index (χ4v) is 2.35. The van der Waals surface area contributed by atoms with E-state index in [0.717, 1.165) is 0 Å². The van der Waals surface area contributed by atoms with Crippen molar-refractivity contribution in [1.29, 1.82) is 5.26 Å². The second-order valence-electron chi connectivity index (χ2n) is 5.23. The molecule has 0 spiro atoms. The molecule has 0 aliphatic rings. The van der Waals surface area contributed by atoms with Crippen LogP contribution in [0.25, 0.3) is 0 Å². The summed E-state index contributed by atoms with van der Waals surface area (Å²) in [5.74, 6) is -1.16. The number of nitrogens with zero attached hydrogens (tertiary/aromatic N) is 3. The van der Waals surface area contributed by atoms with E-state index in [1.807, 2.05) is 6.07 Å². The van der Waals surface area contributed by atoms with Gasteiger partial charge in [-0.3, -0.25) is 4.68 Å². The average molecular weight is 337 g/mol. The Morgan fingerprint density at radius 1 is 1.38 bits per heavy atom. The normalized spacial score (nSPS) is 12.5. The lowest BCUT2D eigenvalue weighted by Gasteiger charge is -2.21. The summed E-state index contributed by atoms with van der Waals surface area (Å²) in [7, 11) is 1.51. The molecule has 0 bridgehead atoms. The lowest BCUT2D eigenvalue weighted by molar-refractivity contribution is -0.207. The van der Waals surface area contributed by atoms with Crippen LogP contribution in [0.5, 0.6) is 0 Å². The van der Waals surface area contributed by atoms with Crippen LogP contribution >= 0.6 is 0 Å². The second-order valence-corrected chi connectivity index (χ2v) is 5.23. The van der Waals surface area contributed by atoms with Crippen molar-refractivity contribution < 1.29 is 22.7 Å². The SMILES string of the molecule is Cc1nn(C)c(C)c1[C@H](OC(=O)c1cccc(C#N)c1)C(F)(F)F. The molecule has 0 aliphatic carbocycles.